The maximum absolute atomic E-state index is 5.70. The normalized spacial score (nSPS) is 10.2. The topological polar surface area (TPSA) is 27.7 Å². The Morgan fingerprint density at radius 2 is 1.70 bits per heavy atom. The molecule has 106 valence electrons. The largest absolute Gasteiger partial charge is 0.493 e. The van der Waals surface area contributed by atoms with Gasteiger partial charge in [0, 0.05) is 4.47 Å². The predicted molar refractivity (Wildman–Crippen MR) is 85.8 cm³/mol. The number of halogens is 2. The molecule has 0 aliphatic heterocycles. The Morgan fingerprint density at radius 3 is 2.45 bits per heavy atom. The van der Waals surface area contributed by atoms with Crippen molar-refractivity contribution in [1.29, 1.82) is 0 Å². The van der Waals surface area contributed by atoms with Gasteiger partial charge in [-0.25, -0.2) is 0 Å². The number of hydrogen-bond donors (Lipinski definition) is 0. The molecule has 2 aromatic rings. The molecule has 0 aliphatic rings. The van der Waals surface area contributed by atoms with Crippen LogP contribution in [-0.2, 0) is 0 Å². The summed E-state index contributed by atoms with van der Waals surface area (Å²) in [6, 6.07) is 13.4. The predicted octanol–water partition coefficient (Wildman–Crippen LogP) is 4.68. The second kappa shape index (κ2) is 7.55. The summed E-state index contributed by atoms with van der Waals surface area (Å²) in [7, 11) is 1.62. The van der Waals surface area contributed by atoms with Gasteiger partial charge in [0.15, 0.2) is 11.5 Å². The third-order valence-corrected chi connectivity index (χ3v) is 3.66. The Labute approximate surface area is 135 Å². The Hall–Kier alpha value is -1.20. The van der Waals surface area contributed by atoms with Gasteiger partial charge in [0.25, 0.3) is 0 Å². The summed E-state index contributed by atoms with van der Waals surface area (Å²) in [5.74, 6) is 2.19. The molecule has 0 bridgehead atoms. The van der Waals surface area contributed by atoms with Crippen LogP contribution in [-0.4, -0.2) is 20.3 Å². The molecule has 0 heterocycles. The minimum Gasteiger partial charge on any atom is -0.493 e. The lowest BCUT2D eigenvalue weighted by Gasteiger charge is -2.12. The lowest BCUT2D eigenvalue weighted by atomic mass is 10.3. The fourth-order valence-corrected chi connectivity index (χ4v) is 2.49. The van der Waals surface area contributed by atoms with Gasteiger partial charge in [0.05, 0.1) is 11.6 Å². The van der Waals surface area contributed by atoms with Crippen molar-refractivity contribution < 1.29 is 14.2 Å². The van der Waals surface area contributed by atoms with E-state index in [1.54, 1.807) is 7.11 Å². The summed E-state index contributed by atoms with van der Waals surface area (Å²) >= 11 is 6.84. The first kappa shape index (κ1) is 15.2. The molecule has 5 heteroatoms. The summed E-state index contributed by atoms with van der Waals surface area (Å²) in [6.07, 6.45) is 0. The van der Waals surface area contributed by atoms with Crippen molar-refractivity contribution in [2.24, 2.45) is 0 Å². The smallest absolute Gasteiger partial charge is 0.175 e. The summed E-state index contributed by atoms with van der Waals surface area (Å²) in [5, 5.41) is 0. The summed E-state index contributed by atoms with van der Waals surface area (Å²) < 4.78 is 18.4. The second-order valence-corrected chi connectivity index (χ2v) is 5.70. The molecule has 0 saturated carbocycles. The lowest BCUT2D eigenvalue weighted by molar-refractivity contribution is 0.210. The van der Waals surface area contributed by atoms with Crippen LogP contribution in [0.5, 0.6) is 17.2 Å². The van der Waals surface area contributed by atoms with Crippen LogP contribution in [0.4, 0.5) is 0 Å². The first-order chi connectivity index (χ1) is 9.70. The summed E-state index contributed by atoms with van der Waals surface area (Å²) in [6.45, 7) is 0.895. The summed E-state index contributed by atoms with van der Waals surface area (Å²) in [5.41, 5.74) is 0. The fourth-order valence-electron chi connectivity index (χ4n) is 1.65. The van der Waals surface area contributed by atoms with E-state index in [1.165, 1.54) is 0 Å². The Balaban J connectivity index is 1.87. The van der Waals surface area contributed by atoms with Gasteiger partial charge in [0.1, 0.15) is 19.0 Å². The van der Waals surface area contributed by atoms with Crippen LogP contribution in [0.1, 0.15) is 0 Å². The number of hydrogen-bond acceptors (Lipinski definition) is 3. The van der Waals surface area contributed by atoms with E-state index < -0.39 is 0 Å². The summed E-state index contributed by atoms with van der Waals surface area (Å²) in [4.78, 5) is 0. The van der Waals surface area contributed by atoms with Crippen molar-refractivity contribution in [3.05, 3.63) is 51.4 Å². The van der Waals surface area contributed by atoms with Gasteiger partial charge in [-0.05, 0) is 46.3 Å². The van der Waals surface area contributed by atoms with E-state index in [2.05, 4.69) is 31.9 Å². The van der Waals surface area contributed by atoms with Gasteiger partial charge in [-0.3, -0.25) is 0 Å². The standard InChI is InChI=1S/C15H14Br2O3/c1-18-14-7-3-6-13(17)15(14)20-9-8-19-12-5-2-4-11(16)10-12/h2-7,10H,8-9H2,1H3. The molecule has 20 heavy (non-hydrogen) atoms. The molecule has 0 unspecified atom stereocenters. The van der Waals surface area contributed by atoms with Crippen molar-refractivity contribution in [3.8, 4) is 17.2 Å². The van der Waals surface area contributed by atoms with E-state index in [-0.39, 0.29) is 0 Å². The molecule has 0 spiro atoms. The van der Waals surface area contributed by atoms with Gasteiger partial charge in [0.2, 0.25) is 0 Å². The molecule has 0 atom stereocenters. The highest BCUT2D eigenvalue weighted by Crippen LogP contribution is 2.34. The first-order valence-electron chi connectivity index (χ1n) is 6.04. The first-order valence-corrected chi connectivity index (χ1v) is 7.63. The van der Waals surface area contributed by atoms with Gasteiger partial charge in [-0.15, -0.1) is 0 Å². The molecular formula is C15H14Br2O3. The van der Waals surface area contributed by atoms with Crippen LogP contribution in [0.2, 0.25) is 0 Å². The van der Waals surface area contributed by atoms with Crippen molar-refractivity contribution >= 4 is 31.9 Å². The third kappa shape index (κ3) is 4.15. The lowest BCUT2D eigenvalue weighted by Crippen LogP contribution is -2.09. The molecule has 3 nitrogen and oxygen atoms in total. The van der Waals surface area contributed by atoms with Crippen molar-refractivity contribution in [2.75, 3.05) is 20.3 Å². The molecular weight excluding hydrogens is 388 g/mol. The van der Waals surface area contributed by atoms with E-state index in [0.717, 1.165) is 14.7 Å². The highest BCUT2D eigenvalue weighted by Gasteiger charge is 2.08. The molecule has 2 aromatic carbocycles. The van der Waals surface area contributed by atoms with Crippen LogP contribution in [0.3, 0.4) is 0 Å². The van der Waals surface area contributed by atoms with Gasteiger partial charge < -0.3 is 14.2 Å². The fraction of sp³-hybridized carbons (Fsp3) is 0.200. The number of rotatable bonds is 6. The number of ether oxygens (including phenoxy) is 3. The second-order valence-electron chi connectivity index (χ2n) is 3.93. The van der Waals surface area contributed by atoms with E-state index in [0.29, 0.717) is 24.7 Å². The highest BCUT2D eigenvalue weighted by atomic mass is 79.9. The van der Waals surface area contributed by atoms with E-state index in [1.807, 2.05) is 42.5 Å². The van der Waals surface area contributed by atoms with Crippen LogP contribution >= 0.6 is 31.9 Å². The number of benzene rings is 2. The molecule has 0 N–H and O–H groups in total. The molecule has 0 saturated heterocycles. The maximum atomic E-state index is 5.70. The number of methoxy groups -OCH3 is 1. The van der Waals surface area contributed by atoms with Crippen LogP contribution < -0.4 is 14.2 Å². The van der Waals surface area contributed by atoms with Crippen LogP contribution in [0.25, 0.3) is 0 Å². The van der Waals surface area contributed by atoms with Gasteiger partial charge >= 0.3 is 0 Å². The quantitative estimate of drug-likeness (QED) is 0.658. The Morgan fingerprint density at radius 1 is 0.950 bits per heavy atom. The zero-order chi connectivity index (χ0) is 14.4. The maximum Gasteiger partial charge on any atom is 0.175 e. The van der Waals surface area contributed by atoms with Gasteiger partial charge in [-0.1, -0.05) is 28.1 Å². The highest BCUT2D eigenvalue weighted by molar-refractivity contribution is 9.10. The Kier molecular flexibility index (Phi) is 5.73. The minimum atomic E-state index is 0.436. The third-order valence-electron chi connectivity index (χ3n) is 2.55. The average molecular weight is 402 g/mol. The van der Waals surface area contributed by atoms with E-state index in [4.69, 9.17) is 14.2 Å². The number of para-hydroxylation sites is 1. The molecule has 0 aliphatic carbocycles. The zero-order valence-electron chi connectivity index (χ0n) is 10.9. The zero-order valence-corrected chi connectivity index (χ0v) is 14.1. The molecule has 2 rings (SSSR count). The van der Waals surface area contributed by atoms with Crippen molar-refractivity contribution in [3.63, 3.8) is 0 Å². The molecule has 0 aromatic heterocycles. The van der Waals surface area contributed by atoms with E-state index >= 15 is 0 Å². The molecule has 0 amide bonds. The van der Waals surface area contributed by atoms with Crippen LogP contribution in [0, 0.1) is 0 Å². The van der Waals surface area contributed by atoms with Crippen molar-refractivity contribution in [2.45, 2.75) is 0 Å². The van der Waals surface area contributed by atoms with E-state index in [9.17, 15) is 0 Å². The monoisotopic (exact) mass is 400 g/mol. The minimum absolute atomic E-state index is 0.436. The molecule has 0 radical (unpaired) electrons. The van der Waals surface area contributed by atoms with Crippen LogP contribution in [0.15, 0.2) is 51.4 Å². The van der Waals surface area contributed by atoms with Crippen molar-refractivity contribution in [1.82, 2.24) is 0 Å². The Bertz CT molecular complexity index is 573. The molecule has 0 fully saturated rings. The SMILES string of the molecule is COc1cccc(Br)c1OCCOc1cccc(Br)c1. The average Bonchev–Trinajstić information content (AvgIpc) is 2.45. The van der Waals surface area contributed by atoms with Gasteiger partial charge in [-0.2, -0.15) is 0 Å².